The minimum Gasteiger partial charge on any atom is -0.459 e. The molecule has 1 aromatic carbocycles. The first-order valence-corrected chi connectivity index (χ1v) is 6.40. The lowest BCUT2D eigenvalue weighted by molar-refractivity contribution is 0.429. The summed E-state index contributed by atoms with van der Waals surface area (Å²) < 4.78 is 5.94. The molecule has 0 aliphatic rings. The summed E-state index contributed by atoms with van der Waals surface area (Å²) in [5.41, 5.74) is 2.03. The van der Waals surface area contributed by atoms with Crippen molar-refractivity contribution in [1.29, 1.82) is 0 Å². The molecule has 2 rings (SSSR count). The molecule has 0 aliphatic heterocycles. The van der Waals surface area contributed by atoms with Crippen molar-refractivity contribution in [3.63, 3.8) is 0 Å². The molecule has 1 atom stereocenters. The largest absolute Gasteiger partial charge is 0.459 e. The summed E-state index contributed by atoms with van der Waals surface area (Å²) in [4.78, 5) is 0. The third-order valence-corrected chi connectivity index (χ3v) is 3.27. The van der Waals surface area contributed by atoms with Crippen molar-refractivity contribution in [2.24, 2.45) is 0 Å². The van der Waals surface area contributed by atoms with Crippen LogP contribution in [0.5, 0.6) is 0 Å². The zero-order valence-corrected chi connectivity index (χ0v) is 11.3. The molecule has 0 bridgehead atoms. The zero-order valence-electron chi connectivity index (χ0n) is 10.5. The summed E-state index contributed by atoms with van der Waals surface area (Å²) in [7, 11) is 1.97. The number of fused-ring (bicyclic) bond motifs is 1. The second-order valence-electron chi connectivity index (χ2n) is 4.42. The fourth-order valence-corrected chi connectivity index (χ4v) is 2.47. The van der Waals surface area contributed by atoms with E-state index in [0.29, 0.717) is 0 Å². The van der Waals surface area contributed by atoms with Gasteiger partial charge in [-0.25, -0.2) is 0 Å². The van der Waals surface area contributed by atoms with Gasteiger partial charge in [-0.2, -0.15) is 0 Å². The molecule has 0 spiro atoms. The average Bonchev–Trinajstić information content (AvgIpc) is 2.69. The van der Waals surface area contributed by atoms with Gasteiger partial charge in [0, 0.05) is 10.4 Å². The van der Waals surface area contributed by atoms with Crippen molar-refractivity contribution in [2.75, 3.05) is 7.05 Å². The van der Waals surface area contributed by atoms with Crippen LogP contribution in [0.1, 0.15) is 37.1 Å². The van der Waals surface area contributed by atoms with Crippen LogP contribution in [-0.4, -0.2) is 7.05 Å². The second-order valence-corrected chi connectivity index (χ2v) is 4.86. The minimum atomic E-state index is 0.283. The maximum Gasteiger partial charge on any atom is 0.137 e. The Bertz CT molecular complexity index is 518. The number of hydrogen-bond donors (Lipinski definition) is 1. The third kappa shape index (κ3) is 2.48. The molecule has 1 N–H and O–H groups in total. The van der Waals surface area contributed by atoms with Crippen LogP contribution < -0.4 is 5.32 Å². The fraction of sp³-hybridized carbons (Fsp3) is 0.429. The van der Waals surface area contributed by atoms with Crippen LogP contribution in [0.4, 0.5) is 0 Å². The molecule has 0 saturated heterocycles. The monoisotopic (exact) mass is 251 g/mol. The number of halogens is 1. The maximum atomic E-state index is 6.05. The molecule has 1 unspecified atom stereocenters. The number of furan rings is 1. The molecule has 17 heavy (non-hydrogen) atoms. The first-order chi connectivity index (χ1) is 8.15. The fourth-order valence-electron chi connectivity index (χ4n) is 2.19. The minimum absolute atomic E-state index is 0.283. The highest BCUT2D eigenvalue weighted by atomic mass is 35.5. The summed E-state index contributed by atoms with van der Waals surface area (Å²) in [6, 6.07) is 6.26. The van der Waals surface area contributed by atoms with Gasteiger partial charge in [0.15, 0.2) is 0 Å². The molecule has 1 heterocycles. The molecule has 0 aliphatic carbocycles. The Balaban J connectivity index is 2.46. The quantitative estimate of drug-likeness (QED) is 0.868. The van der Waals surface area contributed by atoms with Crippen LogP contribution in [0, 0.1) is 6.92 Å². The highest BCUT2D eigenvalue weighted by Crippen LogP contribution is 2.30. The molecular weight excluding hydrogens is 234 g/mol. The molecule has 2 nitrogen and oxygen atoms in total. The predicted molar refractivity (Wildman–Crippen MR) is 72.7 cm³/mol. The number of nitrogens with one attached hydrogen (secondary N) is 1. The van der Waals surface area contributed by atoms with Gasteiger partial charge >= 0.3 is 0 Å². The maximum absolute atomic E-state index is 6.05. The highest BCUT2D eigenvalue weighted by Gasteiger charge is 2.14. The van der Waals surface area contributed by atoms with Crippen molar-refractivity contribution in [1.82, 2.24) is 5.32 Å². The Morgan fingerprint density at radius 3 is 2.76 bits per heavy atom. The van der Waals surface area contributed by atoms with Crippen molar-refractivity contribution in [3.8, 4) is 0 Å². The van der Waals surface area contributed by atoms with E-state index in [9.17, 15) is 0 Å². The van der Waals surface area contributed by atoms with Gasteiger partial charge < -0.3 is 9.73 Å². The Morgan fingerprint density at radius 1 is 1.35 bits per heavy atom. The molecule has 0 radical (unpaired) electrons. The molecular formula is C14H18ClNO. The smallest absolute Gasteiger partial charge is 0.137 e. The van der Waals surface area contributed by atoms with Crippen molar-refractivity contribution < 1.29 is 4.42 Å². The van der Waals surface area contributed by atoms with E-state index in [4.69, 9.17) is 16.0 Å². The first-order valence-electron chi connectivity index (χ1n) is 6.02. The molecule has 3 heteroatoms. The van der Waals surface area contributed by atoms with Gasteiger partial charge in [0.05, 0.1) is 6.04 Å². The lowest BCUT2D eigenvalue weighted by Gasteiger charge is -2.11. The van der Waals surface area contributed by atoms with E-state index in [2.05, 4.69) is 18.3 Å². The second kappa shape index (κ2) is 5.11. The summed E-state index contributed by atoms with van der Waals surface area (Å²) >= 11 is 6.05. The summed E-state index contributed by atoms with van der Waals surface area (Å²) in [5.74, 6) is 0.995. The van der Waals surface area contributed by atoms with Gasteiger partial charge in [-0.05, 0) is 44.2 Å². The van der Waals surface area contributed by atoms with E-state index in [1.807, 2.05) is 26.1 Å². The van der Waals surface area contributed by atoms with Crippen LogP contribution in [0.2, 0.25) is 5.02 Å². The lowest BCUT2D eigenvalue weighted by Crippen LogP contribution is -2.15. The Morgan fingerprint density at radius 2 is 2.12 bits per heavy atom. The first kappa shape index (κ1) is 12.5. The molecule has 0 amide bonds. The molecule has 92 valence electrons. The normalized spacial score (nSPS) is 13.2. The van der Waals surface area contributed by atoms with E-state index in [1.54, 1.807) is 0 Å². The average molecular weight is 252 g/mol. The number of rotatable bonds is 4. The highest BCUT2D eigenvalue weighted by molar-refractivity contribution is 6.31. The number of benzene rings is 1. The van der Waals surface area contributed by atoms with Gasteiger partial charge in [0.2, 0.25) is 0 Å². The van der Waals surface area contributed by atoms with Gasteiger partial charge in [-0.15, -0.1) is 0 Å². The lowest BCUT2D eigenvalue weighted by atomic mass is 10.1. The molecule has 0 fully saturated rings. The van der Waals surface area contributed by atoms with E-state index >= 15 is 0 Å². The number of aryl methyl sites for hydroxylation is 1. The number of hydrogen-bond acceptors (Lipinski definition) is 2. The zero-order chi connectivity index (χ0) is 12.4. The summed E-state index contributed by atoms with van der Waals surface area (Å²) in [6.45, 7) is 4.20. The van der Waals surface area contributed by atoms with Crippen molar-refractivity contribution in [3.05, 3.63) is 34.5 Å². The molecule has 1 aromatic heterocycles. The molecule has 0 saturated carbocycles. The van der Waals surface area contributed by atoms with Crippen molar-refractivity contribution in [2.45, 2.75) is 32.7 Å². The van der Waals surface area contributed by atoms with E-state index in [-0.39, 0.29) is 6.04 Å². The van der Waals surface area contributed by atoms with E-state index in [0.717, 1.165) is 40.2 Å². The summed E-state index contributed by atoms with van der Waals surface area (Å²) in [5, 5.41) is 5.13. The van der Waals surface area contributed by atoms with Crippen LogP contribution in [0.25, 0.3) is 11.0 Å². The van der Waals surface area contributed by atoms with Crippen LogP contribution in [0.3, 0.4) is 0 Å². The standard InChI is InChI=1S/C14H18ClNO/c1-4-5-12(16-3)13-8-10-7-11(15)6-9(2)14(10)17-13/h6-8,12,16H,4-5H2,1-3H3. The van der Waals surface area contributed by atoms with Crippen LogP contribution in [0.15, 0.2) is 22.6 Å². The summed E-state index contributed by atoms with van der Waals surface area (Å²) in [6.07, 6.45) is 2.20. The van der Waals surface area contributed by atoms with Crippen LogP contribution >= 0.6 is 11.6 Å². The SMILES string of the molecule is CCCC(NC)c1cc2cc(Cl)cc(C)c2o1. The predicted octanol–water partition coefficient (Wildman–Crippen LogP) is 4.46. The van der Waals surface area contributed by atoms with Crippen molar-refractivity contribution >= 4 is 22.6 Å². The van der Waals surface area contributed by atoms with Gasteiger partial charge in [0.25, 0.3) is 0 Å². The van der Waals surface area contributed by atoms with Gasteiger partial charge in [0.1, 0.15) is 11.3 Å². The van der Waals surface area contributed by atoms with Gasteiger partial charge in [-0.3, -0.25) is 0 Å². The van der Waals surface area contributed by atoms with E-state index in [1.165, 1.54) is 0 Å². The van der Waals surface area contributed by atoms with Crippen LogP contribution in [-0.2, 0) is 0 Å². The van der Waals surface area contributed by atoms with Gasteiger partial charge in [-0.1, -0.05) is 24.9 Å². The Labute approximate surface area is 107 Å². The topological polar surface area (TPSA) is 25.2 Å². The van der Waals surface area contributed by atoms with E-state index < -0.39 is 0 Å². The Kier molecular flexibility index (Phi) is 3.75. The Hall–Kier alpha value is -0.990. The third-order valence-electron chi connectivity index (χ3n) is 3.06. The molecule has 2 aromatic rings.